The lowest BCUT2D eigenvalue weighted by molar-refractivity contribution is -0.120. The molecule has 0 bridgehead atoms. The zero-order valence-electron chi connectivity index (χ0n) is 17.6. The number of amides is 1. The molecule has 2 aromatic rings. The van der Waals surface area contributed by atoms with Crippen LogP contribution in [0.25, 0.3) is 0 Å². The van der Waals surface area contributed by atoms with Gasteiger partial charge in [0.1, 0.15) is 0 Å². The van der Waals surface area contributed by atoms with Crippen LogP contribution < -0.4 is 24.3 Å². The Morgan fingerprint density at radius 3 is 2.24 bits per heavy atom. The minimum Gasteiger partial charge on any atom is -0.493 e. The second-order valence-electron chi connectivity index (χ2n) is 6.14. The molecular weight excluding hydrogens is 390 g/mol. The number of ether oxygens (including phenoxy) is 4. The smallest absolute Gasteiger partial charge is 0.233 e. The standard InChI is InChI=1S/C22H29NO5S/c1-6-27-19-10-8-16(12-21(19)28-7-2)14-23-22(24)15(3)29-17-9-11-18(25-4)20(13-17)26-5/h8-13,15H,6-7,14H2,1-5H3,(H,23,24)/t15-/m1/s1. The van der Waals surface area contributed by atoms with Crippen molar-refractivity contribution in [1.82, 2.24) is 5.32 Å². The van der Waals surface area contributed by atoms with Crippen LogP contribution in [0.4, 0.5) is 0 Å². The van der Waals surface area contributed by atoms with E-state index in [2.05, 4.69) is 5.32 Å². The first-order chi connectivity index (χ1) is 14.0. The quantitative estimate of drug-likeness (QED) is 0.548. The number of benzene rings is 2. The van der Waals surface area contributed by atoms with Crippen molar-refractivity contribution in [3.05, 3.63) is 42.0 Å². The van der Waals surface area contributed by atoms with E-state index < -0.39 is 0 Å². The number of thioether (sulfide) groups is 1. The van der Waals surface area contributed by atoms with Crippen LogP contribution in [-0.2, 0) is 11.3 Å². The molecule has 2 aromatic carbocycles. The fraction of sp³-hybridized carbons (Fsp3) is 0.409. The molecule has 0 saturated carbocycles. The van der Waals surface area contributed by atoms with Crippen molar-refractivity contribution in [1.29, 1.82) is 0 Å². The Labute approximate surface area is 176 Å². The van der Waals surface area contributed by atoms with Crippen molar-refractivity contribution in [2.75, 3.05) is 27.4 Å². The van der Waals surface area contributed by atoms with Crippen LogP contribution in [0.5, 0.6) is 23.0 Å². The Morgan fingerprint density at radius 1 is 0.931 bits per heavy atom. The summed E-state index contributed by atoms with van der Waals surface area (Å²) in [5, 5.41) is 2.72. The lowest BCUT2D eigenvalue weighted by atomic mass is 10.2. The summed E-state index contributed by atoms with van der Waals surface area (Å²) in [6.45, 7) is 7.27. The van der Waals surface area contributed by atoms with E-state index in [1.165, 1.54) is 11.8 Å². The molecule has 2 rings (SSSR count). The van der Waals surface area contributed by atoms with E-state index in [0.29, 0.717) is 42.8 Å². The average molecular weight is 420 g/mol. The fourth-order valence-corrected chi connectivity index (χ4v) is 3.61. The summed E-state index contributed by atoms with van der Waals surface area (Å²) in [7, 11) is 3.19. The van der Waals surface area contributed by atoms with Gasteiger partial charge in [0.15, 0.2) is 23.0 Å². The Balaban J connectivity index is 1.97. The monoisotopic (exact) mass is 419 g/mol. The van der Waals surface area contributed by atoms with Crippen molar-refractivity contribution in [3.63, 3.8) is 0 Å². The summed E-state index contributed by atoms with van der Waals surface area (Å²) in [5.41, 5.74) is 0.952. The maximum Gasteiger partial charge on any atom is 0.233 e. The molecule has 0 heterocycles. The zero-order valence-corrected chi connectivity index (χ0v) is 18.4. The van der Waals surface area contributed by atoms with Crippen LogP contribution >= 0.6 is 11.8 Å². The molecule has 1 atom stereocenters. The van der Waals surface area contributed by atoms with Gasteiger partial charge in [0.05, 0.1) is 32.7 Å². The topological polar surface area (TPSA) is 66.0 Å². The molecule has 0 spiro atoms. The van der Waals surface area contributed by atoms with Gasteiger partial charge >= 0.3 is 0 Å². The SMILES string of the molecule is CCOc1ccc(CNC(=O)[C@@H](C)Sc2ccc(OC)c(OC)c2)cc1OCC. The van der Waals surface area contributed by atoms with Crippen molar-refractivity contribution in [2.24, 2.45) is 0 Å². The van der Waals surface area contributed by atoms with E-state index in [-0.39, 0.29) is 11.2 Å². The van der Waals surface area contributed by atoms with Crippen molar-refractivity contribution < 1.29 is 23.7 Å². The average Bonchev–Trinajstić information content (AvgIpc) is 2.73. The van der Waals surface area contributed by atoms with Crippen LogP contribution in [0, 0.1) is 0 Å². The number of nitrogens with one attached hydrogen (secondary N) is 1. The van der Waals surface area contributed by atoms with Crippen molar-refractivity contribution in [2.45, 2.75) is 37.5 Å². The molecule has 0 aromatic heterocycles. The highest BCUT2D eigenvalue weighted by molar-refractivity contribution is 8.00. The van der Waals surface area contributed by atoms with Gasteiger partial charge in [0.25, 0.3) is 0 Å². The number of carbonyl (C=O) groups is 1. The first kappa shape index (κ1) is 22.7. The predicted octanol–water partition coefficient (Wildman–Crippen LogP) is 4.30. The number of rotatable bonds is 11. The van der Waals surface area contributed by atoms with E-state index in [1.807, 2.05) is 57.2 Å². The number of hydrogen-bond donors (Lipinski definition) is 1. The molecule has 1 amide bonds. The lowest BCUT2D eigenvalue weighted by Gasteiger charge is -2.15. The fourth-order valence-electron chi connectivity index (χ4n) is 2.69. The molecule has 0 saturated heterocycles. The first-order valence-corrected chi connectivity index (χ1v) is 10.4. The van der Waals surface area contributed by atoms with Gasteiger partial charge < -0.3 is 24.3 Å². The Morgan fingerprint density at radius 2 is 1.59 bits per heavy atom. The minimum atomic E-state index is -0.262. The van der Waals surface area contributed by atoms with E-state index in [4.69, 9.17) is 18.9 Å². The van der Waals surface area contributed by atoms with E-state index >= 15 is 0 Å². The molecule has 158 valence electrons. The van der Waals surface area contributed by atoms with Crippen LogP contribution in [0.1, 0.15) is 26.3 Å². The van der Waals surface area contributed by atoms with E-state index in [1.54, 1.807) is 14.2 Å². The summed E-state index contributed by atoms with van der Waals surface area (Å²) in [6.07, 6.45) is 0. The summed E-state index contributed by atoms with van der Waals surface area (Å²) in [5.74, 6) is 2.66. The number of hydrogen-bond acceptors (Lipinski definition) is 6. The van der Waals surface area contributed by atoms with Gasteiger partial charge in [-0.1, -0.05) is 6.07 Å². The third kappa shape index (κ3) is 6.49. The third-order valence-electron chi connectivity index (χ3n) is 4.11. The van der Waals surface area contributed by atoms with Gasteiger partial charge in [-0.25, -0.2) is 0 Å². The highest BCUT2D eigenvalue weighted by Gasteiger charge is 2.16. The minimum absolute atomic E-state index is 0.0448. The molecule has 0 aliphatic carbocycles. The largest absolute Gasteiger partial charge is 0.493 e. The summed E-state index contributed by atoms with van der Waals surface area (Å²) in [6, 6.07) is 11.3. The second kappa shape index (κ2) is 11.5. The van der Waals surface area contributed by atoms with Gasteiger partial charge in [-0.3, -0.25) is 4.79 Å². The number of carbonyl (C=O) groups excluding carboxylic acids is 1. The molecule has 29 heavy (non-hydrogen) atoms. The molecule has 6 nitrogen and oxygen atoms in total. The van der Waals surface area contributed by atoms with Crippen molar-refractivity contribution in [3.8, 4) is 23.0 Å². The van der Waals surface area contributed by atoms with Gasteiger partial charge in [-0.05, 0) is 56.7 Å². The van der Waals surface area contributed by atoms with E-state index in [0.717, 1.165) is 10.5 Å². The van der Waals surface area contributed by atoms with Gasteiger partial charge in [-0.15, -0.1) is 11.8 Å². The molecule has 0 radical (unpaired) electrons. The predicted molar refractivity (Wildman–Crippen MR) is 115 cm³/mol. The van der Waals surface area contributed by atoms with Gasteiger partial charge in [0.2, 0.25) is 5.91 Å². The summed E-state index contributed by atoms with van der Waals surface area (Å²) >= 11 is 1.46. The molecular formula is C22H29NO5S. The Kier molecular flexibility index (Phi) is 8.99. The van der Waals surface area contributed by atoms with Crippen LogP contribution in [-0.4, -0.2) is 38.6 Å². The highest BCUT2D eigenvalue weighted by Crippen LogP contribution is 2.33. The number of methoxy groups -OCH3 is 2. The molecule has 7 heteroatoms. The molecule has 0 fully saturated rings. The molecule has 0 aliphatic heterocycles. The Hall–Kier alpha value is -2.54. The zero-order chi connectivity index (χ0) is 21.2. The summed E-state index contributed by atoms with van der Waals surface area (Å²) < 4.78 is 21.8. The summed E-state index contributed by atoms with van der Waals surface area (Å²) in [4.78, 5) is 13.5. The van der Waals surface area contributed by atoms with Crippen LogP contribution in [0.3, 0.4) is 0 Å². The lowest BCUT2D eigenvalue weighted by Crippen LogP contribution is -2.30. The van der Waals surface area contributed by atoms with E-state index in [9.17, 15) is 4.79 Å². The highest BCUT2D eigenvalue weighted by atomic mass is 32.2. The first-order valence-electron chi connectivity index (χ1n) is 9.57. The van der Waals surface area contributed by atoms with Gasteiger partial charge in [0, 0.05) is 11.4 Å². The Bertz CT molecular complexity index is 812. The maximum absolute atomic E-state index is 12.5. The normalized spacial score (nSPS) is 11.5. The third-order valence-corrected chi connectivity index (χ3v) is 5.21. The molecule has 0 aliphatic rings. The van der Waals surface area contributed by atoms with Crippen molar-refractivity contribution >= 4 is 17.7 Å². The second-order valence-corrected chi connectivity index (χ2v) is 7.56. The molecule has 1 N–H and O–H groups in total. The molecule has 0 unspecified atom stereocenters. The van der Waals surface area contributed by atoms with Crippen LogP contribution in [0.2, 0.25) is 0 Å². The maximum atomic E-state index is 12.5. The van der Waals surface area contributed by atoms with Crippen LogP contribution in [0.15, 0.2) is 41.3 Å². The van der Waals surface area contributed by atoms with Gasteiger partial charge in [-0.2, -0.15) is 0 Å².